The van der Waals surface area contributed by atoms with Crippen molar-refractivity contribution in [2.75, 3.05) is 0 Å². The first-order chi connectivity index (χ1) is 4.86. The van der Waals surface area contributed by atoms with E-state index in [2.05, 4.69) is 15.9 Å². The third kappa shape index (κ3) is 0.885. The van der Waals surface area contributed by atoms with Crippen LogP contribution in [0.3, 0.4) is 0 Å². The molecule has 0 saturated carbocycles. The minimum absolute atomic E-state index is 0.339. The van der Waals surface area contributed by atoms with Crippen LogP contribution in [0.25, 0.3) is 0 Å². The van der Waals surface area contributed by atoms with Crippen molar-refractivity contribution in [2.45, 2.75) is 0 Å². The fourth-order valence-corrected chi connectivity index (χ4v) is 1.21. The summed E-state index contributed by atoms with van der Waals surface area (Å²) in [5, 5.41) is 0. The maximum atomic E-state index is 5.13. The van der Waals surface area contributed by atoms with E-state index in [-0.39, 0.29) is 0 Å². The summed E-state index contributed by atoms with van der Waals surface area (Å²) in [6.45, 7) is 0. The van der Waals surface area contributed by atoms with E-state index in [1.807, 2.05) is 18.2 Å². The lowest BCUT2D eigenvalue weighted by Crippen LogP contribution is -1.99. The Morgan fingerprint density at radius 2 is 2.00 bits per heavy atom. The van der Waals surface area contributed by atoms with Gasteiger partial charge in [0.15, 0.2) is 0 Å². The first-order valence-corrected chi connectivity index (χ1v) is 3.71. The average Bonchev–Trinajstić information content (AvgIpc) is 2.33. The van der Waals surface area contributed by atoms with Crippen molar-refractivity contribution >= 4 is 23.6 Å². The average molecular weight is 199 g/mol. The Bertz CT molecular complexity index is 264. The largest absolute Gasteiger partial charge is 0.576 e. The Balaban J connectivity index is 2.52. The Morgan fingerprint density at radius 1 is 1.20 bits per heavy atom. The molecule has 10 heavy (non-hydrogen) atoms. The van der Waals surface area contributed by atoms with E-state index in [9.17, 15) is 0 Å². The van der Waals surface area contributed by atoms with Crippen LogP contribution >= 0.6 is 15.9 Å². The monoisotopic (exact) mass is 198 g/mol. The molecule has 50 valence electrons. The topological polar surface area (TPSA) is 18.5 Å². The highest BCUT2D eigenvalue weighted by Gasteiger charge is 2.14. The van der Waals surface area contributed by atoms with Gasteiger partial charge in [-0.1, -0.05) is 15.9 Å². The molecule has 1 aliphatic heterocycles. The number of rotatable bonds is 0. The lowest BCUT2D eigenvalue weighted by molar-refractivity contribution is 0.541. The highest BCUT2D eigenvalue weighted by Crippen LogP contribution is 2.33. The van der Waals surface area contributed by atoms with Crippen molar-refractivity contribution in [3.63, 3.8) is 0 Å². The van der Waals surface area contributed by atoms with E-state index in [0.29, 0.717) is 7.69 Å². The third-order valence-electron chi connectivity index (χ3n) is 1.33. The van der Waals surface area contributed by atoms with Crippen LogP contribution in [0, 0.1) is 0 Å². The fraction of sp³-hybridized carbons (Fsp3) is 0. The zero-order valence-electron chi connectivity index (χ0n) is 5.13. The predicted octanol–water partition coefficient (Wildman–Crippen LogP) is 1.49. The molecule has 1 aromatic rings. The molecule has 0 atom stereocenters. The summed E-state index contributed by atoms with van der Waals surface area (Å²) in [6, 6.07) is 5.70. The molecule has 0 amide bonds. The summed E-state index contributed by atoms with van der Waals surface area (Å²) in [4.78, 5) is 0. The molecule has 4 heteroatoms. The normalized spacial score (nSPS) is 12.9. The molecule has 0 spiro atoms. The smallest absolute Gasteiger partial charge is 0.526 e. The highest BCUT2D eigenvalue weighted by atomic mass is 79.9. The molecule has 2 rings (SSSR count). The summed E-state index contributed by atoms with van der Waals surface area (Å²) >= 11 is 3.33. The second kappa shape index (κ2) is 2.20. The Hall–Kier alpha value is -0.635. The van der Waals surface area contributed by atoms with Crippen LogP contribution in [0.5, 0.6) is 11.5 Å². The van der Waals surface area contributed by atoms with E-state index in [1.165, 1.54) is 0 Å². The standard InChI is InChI=1S/C6H4BBrO2/c8-4-1-2-5-6(3-4)10-7-9-5/h1-3,7H. The van der Waals surface area contributed by atoms with Crippen LogP contribution in [-0.2, 0) is 0 Å². The Morgan fingerprint density at radius 3 is 2.90 bits per heavy atom. The van der Waals surface area contributed by atoms with Crippen molar-refractivity contribution in [3.8, 4) is 11.5 Å². The van der Waals surface area contributed by atoms with Crippen molar-refractivity contribution in [1.82, 2.24) is 0 Å². The minimum atomic E-state index is 0.339. The predicted molar refractivity (Wildman–Crippen MR) is 42.5 cm³/mol. The second-order valence-electron chi connectivity index (χ2n) is 2.00. The lowest BCUT2D eigenvalue weighted by Gasteiger charge is -1.95. The molecule has 0 aromatic heterocycles. The van der Waals surface area contributed by atoms with Crippen molar-refractivity contribution in [1.29, 1.82) is 0 Å². The van der Waals surface area contributed by atoms with E-state index < -0.39 is 0 Å². The van der Waals surface area contributed by atoms with Crippen LogP contribution in [0.4, 0.5) is 0 Å². The minimum Gasteiger partial charge on any atom is -0.526 e. The van der Waals surface area contributed by atoms with Gasteiger partial charge in [0.2, 0.25) is 0 Å². The molecule has 0 unspecified atom stereocenters. The second-order valence-corrected chi connectivity index (χ2v) is 2.91. The van der Waals surface area contributed by atoms with Crippen molar-refractivity contribution < 1.29 is 9.31 Å². The van der Waals surface area contributed by atoms with Crippen LogP contribution in [-0.4, -0.2) is 7.69 Å². The number of fused-ring (bicyclic) bond motifs is 1. The van der Waals surface area contributed by atoms with E-state index in [4.69, 9.17) is 9.31 Å². The molecule has 0 fully saturated rings. The zero-order valence-corrected chi connectivity index (χ0v) is 6.72. The molecule has 0 saturated heterocycles. The molecule has 1 aliphatic rings. The summed E-state index contributed by atoms with van der Waals surface area (Å²) in [7, 11) is 0.339. The van der Waals surface area contributed by atoms with Crippen LogP contribution in [0.2, 0.25) is 0 Å². The van der Waals surface area contributed by atoms with Crippen LogP contribution in [0.15, 0.2) is 22.7 Å². The fourth-order valence-electron chi connectivity index (χ4n) is 0.870. The molecule has 0 aliphatic carbocycles. The summed E-state index contributed by atoms with van der Waals surface area (Å²) in [5.41, 5.74) is 0. The van der Waals surface area contributed by atoms with Gasteiger partial charge in [-0.05, 0) is 18.2 Å². The maximum Gasteiger partial charge on any atom is 0.576 e. The van der Waals surface area contributed by atoms with Gasteiger partial charge in [-0.25, -0.2) is 0 Å². The Labute approximate surface area is 67.6 Å². The maximum absolute atomic E-state index is 5.13. The number of benzene rings is 1. The summed E-state index contributed by atoms with van der Waals surface area (Å²) in [6.07, 6.45) is 0. The lowest BCUT2D eigenvalue weighted by atomic mass is 10.3. The third-order valence-corrected chi connectivity index (χ3v) is 1.83. The molecule has 1 heterocycles. The van der Waals surface area contributed by atoms with E-state index >= 15 is 0 Å². The first-order valence-electron chi connectivity index (χ1n) is 2.91. The van der Waals surface area contributed by atoms with Gasteiger partial charge < -0.3 is 9.31 Å². The van der Waals surface area contributed by atoms with Gasteiger partial charge >= 0.3 is 7.69 Å². The molecular weight excluding hydrogens is 195 g/mol. The Kier molecular flexibility index (Phi) is 1.34. The van der Waals surface area contributed by atoms with Gasteiger partial charge in [0.05, 0.1) is 0 Å². The number of hydrogen-bond acceptors (Lipinski definition) is 2. The quantitative estimate of drug-likeness (QED) is 0.589. The van der Waals surface area contributed by atoms with Gasteiger partial charge in [-0.15, -0.1) is 0 Å². The van der Waals surface area contributed by atoms with E-state index in [1.54, 1.807) is 0 Å². The molecule has 0 bridgehead atoms. The van der Waals surface area contributed by atoms with Gasteiger partial charge in [0, 0.05) is 4.47 Å². The molecule has 0 radical (unpaired) electrons. The summed E-state index contributed by atoms with van der Waals surface area (Å²) < 4.78 is 11.2. The molecular formula is C6H4BBrO2. The van der Waals surface area contributed by atoms with Gasteiger partial charge in [-0.3, -0.25) is 0 Å². The summed E-state index contributed by atoms with van der Waals surface area (Å²) in [5.74, 6) is 1.64. The van der Waals surface area contributed by atoms with Gasteiger partial charge in [-0.2, -0.15) is 0 Å². The highest BCUT2D eigenvalue weighted by molar-refractivity contribution is 9.10. The van der Waals surface area contributed by atoms with Crippen LogP contribution in [0.1, 0.15) is 0 Å². The van der Waals surface area contributed by atoms with Gasteiger partial charge in [0.25, 0.3) is 0 Å². The SMILES string of the molecule is Brc1ccc2c(c1)OBO2. The van der Waals surface area contributed by atoms with Crippen molar-refractivity contribution in [3.05, 3.63) is 22.7 Å². The number of hydrogen-bond donors (Lipinski definition) is 0. The van der Waals surface area contributed by atoms with Gasteiger partial charge in [0.1, 0.15) is 11.5 Å². The number of halogens is 1. The first kappa shape index (κ1) is 6.10. The van der Waals surface area contributed by atoms with Crippen LogP contribution < -0.4 is 9.31 Å². The van der Waals surface area contributed by atoms with Crippen molar-refractivity contribution in [2.24, 2.45) is 0 Å². The van der Waals surface area contributed by atoms with E-state index in [0.717, 1.165) is 16.0 Å². The zero-order chi connectivity index (χ0) is 6.97. The molecule has 2 nitrogen and oxygen atoms in total. The molecule has 1 aromatic carbocycles. The molecule has 0 N–H and O–H groups in total.